The van der Waals surface area contributed by atoms with Crippen molar-refractivity contribution in [3.05, 3.63) is 68.6 Å². The number of amides is 1. The Labute approximate surface area is 248 Å². The number of aromatic nitrogens is 4. The standard InChI is InChI=1S/C29H27ClF3N7O3/c30-20-14-19(29(31,32)33)4-5-21(20)35-23(41)15-39-24(16-1-2-16)25(38-10-8-34-9-11-38)27(42)40-28(39)36-26(37-40)18-3-6-22-17(13-18)7-12-43-22/h3-6,13-14,16,34H,1-2,7-12,15H2,(H,35,41). The molecule has 224 valence electrons. The molecule has 2 aliphatic heterocycles. The maximum absolute atomic E-state index is 14.1. The minimum Gasteiger partial charge on any atom is -0.493 e. The third-order valence-corrected chi connectivity index (χ3v) is 8.29. The quantitative estimate of drug-likeness (QED) is 0.337. The van der Waals surface area contributed by atoms with E-state index >= 15 is 0 Å². The molecule has 1 aliphatic carbocycles. The van der Waals surface area contributed by atoms with Gasteiger partial charge in [0.05, 0.1) is 28.6 Å². The fraction of sp³-hybridized carbons (Fsp3) is 0.379. The van der Waals surface area contributed by atoms with E-state index in [2.05, 4.69) is 15.7 Å². The van der Waals surface area contributed by atoms with Gasteiger partial charge in [0, 0.05) is 44.1 Å². The van der Waals surface area contributed by atoms with Crippen LogP contribution in [0.2, 0.25) is 5.02 Å². The zero-order valence-electron chi connectivity index (χ0n) is 22.9. The van der Waals surface area contributed by atoms with E-state index in [-0.39, 0.29) is 34.5 Å². The molecule has 1 saturated heterocycles. The van der Waals surface area contributed by atoms with Crippen LogP contribution in [-0.4, -0.2) is 57.9 Å². The Balaban J connectivity index is 1.32. The molecule has 2 N–H and O–H groups in total. The fourth-order valence-electron chi connectivity index (χ4n) is 5.75. The Hall–Kier alpha value is -4.10. The number of halogens is 4. The van der Waals surface area contributed by atoms with Gasteiger partial charge in [-0.15, -0.1) is 5.10 Å². The number of hydrogen-bond donors (Lipinski definition) is 2. The average molecular weight is 614 g/mol. The van der Waals surface area contributed by atoms with Crippen molar-refractivity contribution < 1.29 is 22.7 Å². The van der Waals surface area contributed by atoms with E-state index in [1.54, 1.807) is 4.57 Å². The van der Waals surface area contributed by atoms with Crippen LogP contribution in [0.5, 0.6) is 5.75 Å². The lowest BCUT2D eigenvalue weighted by atomic mass is 10.1. The number of nitrogens with zero attached hydrogens (tertiary/aromatic N) is 5. The van der Waals surface area contributed by atoms with Crippen LogP contribution >= 0.6 is 11.6 Å². The van der Waals surface area contributed by atoms with E-state index < -0.39 is 17.6 Å². The van der Waals surface area contributed by atoms with Gasteiger partial charge in [0.1, 0.15) is 18.0 Å². The van der Waals surface area contributed by atoms with Gasteiger partial charge in [-0.1, -0.05) is 11.6 Å². The highest BCUT2D eigenvalue weighted by Crippen LogP contribution is 2.44. The number of benzene rings is 2. The van der Waals surface area contributed by atoms with Gasteiger partial charge in [0.2, 0.25) is 11.7 Å². The zero-order chi connectivity index (χ0) is 29.9. The molecule has 4 aromatic rings. The van der Waals surface area contributed by atoms with E-state index in [1.807, 2.05) is 23.1 Å². The summed E-state index contributed by atoms with van der Waals surface area (Å²) >= 11 is 6.12. The largest absolute Gasteiger partial charge is 0.493 e. The van der Waals surface area contributed by atoms with Crippen molar-refractivity contribution in [2.75, 3.05) is 43.0 Å². The van der Waals surface area contributed by atoms with Crippen molar-refractivity contribution in [1.29, 1.82) is 0 Å². The molecule has 14 heteroatoms. The van der Waals surface area contributed by atoms with E-state index in [0.29, 0.717) is 44.3 Å². The molecule has 0 spiro atoms. The normalized spacial score (nSPS) is 16.8. The number of fused-ring (bicyclic) bond motifs is 2. The van der Waals surface area contributed by atoms with Gasteiger partial charge in [0.25, 0.3) is 5.56 Å². The van der Waals surface area contributed by atoms with E-state index in [1.165, 1.54) is 4.52 Å². The summed E-state index contributed by atoms with van der Waals surface area (Å²) in [5, 5.41) is 10.3. The number of anilines is 2. The molecule has 0 atom stereocenters. The number of hydrogen-bond acceptors (Lipinski definition) is 7. The van der Waals surface area contributed by atoms with Gasteiger partial charge in [-0.25, -0.2) is 0 Å². The molecule has 2 aromatic heterocycles. The number of ether oxygens (including phenoxy) is 1. The van der Waals surface area contributed by atoms with Gasteiger partial charge < -0.3 is 24.8 Å². The van der Waals surface area contributed by atoms with Crippen LogP contribution in [0.1, 0.15) is 35.6 Å². The van der Waals surface area contributed by atoms with Crippen LogP contribution in [0, 0.1) is 0 Å². The highest BCUT2D eigenvalue weighted by Gasteiger charge is 2.36. The number of carbonyl (C=O) groups is 1. The summed E-state index contributed by atoms with van der Waals surface area (Å²) in [6.07, 6.45) is -2.10. The Morgan fingerprint density at radius 1 is 1.14 bits per heavy atom. The molecule has 1 saturated carbocycles. The Bertz CT molecular complexity index is 1810. The average Bonchev–Trinajstić information content (AvgIpc) is 3.53. The van der Waals surface area contributed by atoms with Crippen LogP contribution in [0.3, 0.4) is 0 Å². The summed E-state index contributed by atoms with van der Waals surface area (Å²) < 4.78 is 48.0. The summed E-state index contributed by atoms with van der Waals surface area (Å²) in [4.78, 5) is 34.3. The third-order valence-electron chi connectivity index (χ3n) is 7.98. The first kappa shape index (κ1) is 27.7. The van der Waals surface area contributed by atoms with Crippen LogP contribution < -0.4 is 25.8 Å². The van der Waals surface area contributed by atoms with Crippen molar-refractivity contribution in [3.63, 3.8) is 0 Å². The maximum Gasteiger partial charge on any atom is 0.416 e. The first-order valence-corrected chi connectivity index (χ1v) is 14.5. The first-order chi connectivity index (χ1) is 20.7. The van der Waals surface area contributed by atoms with Crippen molar-refractivity contribution in [2.45, 2.75) is 37.9 Å². The Morgan fingerprint density at radius 2 is 1.93 bits per heavy atom. The molecule has 2 fully saturated rings. The van der Waals surface area contributed by atoms with E-state index in [4.69, 9.17) is 21.3 Å². The maximum atomic E-state index is 14.1. The second-order valence-electron chi connectivity index (χ2n) is 10.9. The summed E-state index contributed by atoms with van der Waals surface area (Å²) in [5.41, 5.74) is 1.80. The van der Waals surface area contributed by atoms with E-state index in [9.17, 15) is 22.8 Å². The highest BCUT2D eigenvalue weighted by atomic mass is 35.5. The smallest absolute Gasteiger partial charge is 0.416 e. The molecule has 4 heterocycles. The fourth-order valence-corrected chi connectivity index (χ4v) is 5.97. The lowest BCUT2D eigenvalue weighted by Crippen LogP contribution is -2.47. The first-order valence-electron chi connectivity index (χ1n) is 14.1. The molecule has 0 radical (unpaired) electrons. The van der Waals surface area contributed by atoms with Gasteiger partial charge >= 0.3 is 6.18 Å². The number of piperazine rings is 1. The monoisotopic (exact) mass is 613 g/mol. The predicted molar refractivity (Wildman–Crippen MR) is 154 cm³/mol. The molecule has 10 nitrogen and oxygen atoms in total. The summed E-state index contributed by atoms with van der Waals surface area (Å²) in [7, 11) is 0. The van der Waals surface area contributed by atoms with Crippen LogP contribution in [0.4, 0.5) is 24.5 Å². The number of rotatable bonds is 6. The number of nitrogens with one attached hydrogen (secondary N) is 2. The van der Waals surface area contributed by atoms with E-state index in [0.717, 1.165) is 60.0 Å². The molecular formula is C29H27ClF3N7O3. The van der Waals surface area contributed by atoms with Crippen LogP contribution in [-0.2, 0) is 23.9 Å². The topological polar surface area (TPSA) is 106 Å². The minimum absolute atomic E-state index is 0.0505. The SMILES string of the molecule is O=C(Cn1c(C2CC2)c(N2CCNCC2)c(=O)n2nc(-c3ccc4c(c3)CCO4)nc12)Nc1ccc(C(F)(F)F)cc1Cl. The lowest BCUT2D eigenvalue weighted by molar-refractivity contribution is -0.137. The zero-order valence-corrected chi connectivity index (χ0v) is 23.6. The molecule has 0 bridgehead atoms. The number of alkyl halides is 3. The van der Waals surface area contributed by atoms with Gasteiger partial charge in [-0.3, -0.25) is 9.59 Å². The molecule has 3 aliphatic rings. The minimum atomic E-state index is -4.56. The van der Waals surface area contributed by atoms with Gasteiger partial charge in [-0.2, -0.15) is 22.7 Å². The van der Waals surface area contributed by atoms with Crippen molar-refractivity contribution in [1.82, 2.24) is 24.5 Å². The summed E-state index contributed by atoms with van der Waals surface area (Å²) in [6, 6.07) is 8.42. The second-order valence-corrected chi connectivity index (χ2v) is 11.4. The molecule has 0 unspecified atom stereocenters. The van der Waals surface area contributed by atoms with Crippen molar-refractivity contribution >= 4 is 34.7 Å². The van der Waals surface area contributed by atoms with Crippen LogP contribution in [0.15, 0.2) is 41.2 Å². The molecular weight excluding hydrogens is 587 g/mol. The highest BCUT2D eigenvalue weighted by molar-refractivity contribution is 6.33. The predicted octanol–water partition coefficient (Wildman–Crippen LogP) is 4.09. The second kappa shape index (κ2) is 10.6. The summed E-state index contributed by atoms with van der Waals surface area (Å²) in [6.45, 7) is 2.98. The molecule has 1 amide bonds. The third kappa shape index (κ3) is 5.20. The molecule has 2 aromatic carbocycles. The number of carbonyl (C=O) groups excluding carboxylic acids is 1. The van der Waals surface area contributed by atoms with Crippen molar-refractivity contribution in [3.8, 4) is 17.1 Å². The Kier molecular flexibility index (Phi) is 6.81. The molecule has 43 heavy (non-hydrogen) atoms. The molecule has 7 rings (SSSR count). The van der Waals surface area contributed by atoms with Gasteiger partial charge in [0.15, 0.2) is 5.82 Å². The van der Waals surface area contributed by atoms with Gasteiger partial charge in [-0.05, 0) is 54.8 Å². The van der Waals surface area contributed by atoms with Crippen molar-refractivity contribution in [2.24, 2.45) is 0 Å². The Morgan fingerprint density at radius 3 is 2.65 bits per heavy atom. The summed E-state index contributed by atoms with van der Waals surface area (Å²) in [5.74, 6) is 0.891. The lowest BCUT2D eigenvalue weighted by Gasteiger charge is -2.31. The van der Waals surface area contributed by atoms with Crippen LogP contribution in [0.25, 0.3) is 17.2 Å².